The first-order chi connectivity index (χ1) is 17.7. The number of carbonyl (C=O) groups is 1. The van der Waals surface area contributed by atoms with Gasteiger partial charge in [-0.1, -0.05) is 49.9 Å². The Kier molecular flexibility index (Phi) is 9.39. The fourth-order valence-electron chi connectivity index (χ4n) is 4.92. The molecule has 0 bridgehead atoms. The van der Waals surface area contributed by atoms with Crippen LogP contribution in [-0.2, 0) is 37.8 Å². The van der Waals surface area contributed by atoms with E-state index >= 15 is 0 Å². The lowest BCUT2D eigenvalue weighted by molar-refractivity contribution is -0.121. The van der Waals surface area contributed by atoms with Gasteiger partial charge in [0.2, 0.25) is 26.0 Å². The zero-order chi connectivity index (χ0) is 26.3. The van der Waals surface area contributed by atoms with Crippen molar-refractivity contribution in [2.75, 3.05) is 13.1 Å². The maximum atomic E-state index is 12.8. The maximum absolute atomic E-state index is 12.8. The molecule has 0 unspecified atom stereocenters. The second-order valence-corrected chi connectivity index (χ2v) is 13.6. The molecule has 2 aromatic rings. The molecule has 2 fully saturated rings. The van der Waals surface area contributed by atoms with Crippen molar-refractivity contribution in [2.45, 2.75) is 86.6 Å². The van der Waals surface area contributed by atoms with Crippen LogP contribution in [0.1, 0.15) is 68.9 Å². The first kappa shape index (κ1) is 27.8. The van der Waals surface area contributed by atoms with E-state index in [0.717, 1.165) is 62.5 Å². The van der Waals surface area contributed by atoms with E-state index in [9.17, 15) is 21.6 Å². The monoisotopic (exact) mass is 547 g/mol. The molecule has 0 spiro atoms. The van der Waals surface area contributed by atoms with Crippen LogP contribution in [0.2, 0.25) is 0 Å². The molecule has 0 radical (unpaired) electrons. The number of hydrogen-bond acceptors (Lipinski definition) is 5. The topological polar surface area (TPSA) is 113 Å². The Labute approximate surface area is 220 Å². The van der Waals surface area contributed by atoms with Gasteiger partial charge in [0.25, 0.3) is 0 Å². The molecule has 0 aromatic heterocycles. The highest BCUT2D eigenvalue weighted by Crippen LogP contribution is 2.22. The fourth-order valence-corrected chi connectivity index (χ4v) is 7.75. The molecular weight excluding hydrogens is 510 g/mol. The Bertz CT molecular complexity index is 1250. The van der Waals surface area contributed by atoms with E-state index < -0.39 is 20.0 Å². The van der Waals surface area contributed by atoms with E-state index in [1.54, 1.807) is 52.8 Å². The molecular formula is C27H37N3O5S2. The van der Waals surface area contributed by atoms with Crippen molar-refractivity contribution in [3.8, 4) is 0 Å². The number of benzene rings is 2. The van der Waals surface area contributed by atoms with E-state index in [1.807, 2.05) is 0 Å². The third-order valence-electron chi connectivity index (χ3n) is 7.17. The molecule has 37 heavy (non-hydrogen) atoms. The number of piperidine rings is 1. The van der Waals surface area contributed by atoms with Gasteiger partial charge in [0.15, 0.2) is 0 Å². The van der Waals surface area contributed by atoms with Gasteiger partial charge in [0.1, 0.15) is 0 Å². The van der Waals surface area contributed by atoms with Gasteiger partial charge in [0, 0.05) is 32.1 Å². The largest absolute Gasteiger partial charge is 0.352 e. The predicted molar refractivity (Wildman–Crippen MR) is 143 cm³/mol. The van der Waals surface area contributed by atoms with Crippen LogP contribution in [0.3, 0.4) is 0 Å². The van der Waals surface area contributed by atoms with Gasteiger partial charge in [-0.3, -0.25) is 4.79 Å². The standard InChI is InChI=1S/C27H37N3O5S2/c31-27(28-21-23-11-16-26(17-12-23)37(34,35)30-19-5-2-6-20-30)18-13-22-9-14-25(15-10-22)36(32,33)29-24-7-3-1-4-8-24/h9-12,14-17,24,29H,1-8,13,18-21H2,(H,28,31). The molecule has 1 heterocycles. The molecule has 2 N–H and O–H groups in total. The van der Waals surface area contributed by atoms with E-state index in [2.05, 4.69) is 10.0 Å². The summed E-state index contributed by atoms with van der Waals surface area (Å²) >= 11 is 0. The van der Waals surface area contributed by atoms with Gasteiger partial charge in [-0.2, -0.15) is 4.31 Å². The van der Waals surface area contributed by atoms with E-state index in [1.165, 1.54) is 0 Å². The van der Waals surface area contributed by atoms with Gasteiger partial charge >= 0.3 is 0 Å². The first-order valence-electron chi connectivity index (χ1n) is 13.2. The third-order valence-corrected chi connectivity index (χ3v) is 10.6. The van der Waals surface area contributed by atoms with Gasteiger partial charge < -0.3 is 5.32 Å². The number of hydrogen-bond donors (Lipinski definition) is 2. The maximum Gasteiger partial charge on any atom is 0.243 e. The number of nitrogens with one attached hydrogen (secondary N) is 2. The normalized spacial score (nSPS) is 17.9. The number of rotatable bonds is 10. The molecule has 1 saturated heterocycles. The number of aryl methyl sites for hydroxylation is 1. The first-order valence-corrected chi connectivity index (χ1v) is 16.1. The van der Waals surface area contributed by atoms with Gasteiger partial charge in [-0.05, 0) is 67.5 Å². The Morgan fingerprint density at radius 2 is 1.32 bits per heavy atom. The fraction of sp³-hybridized carbons (Fsp3) is 0.519. The van der Waals surface area contributed by atoms with Crippen LogP contribution >= 0.6 is 0 Å². The Morgan fingerprint density at radius 3 is 1.97 bits per heavy atom. The lowest BCUT2D eigenvalue weighted by atomic mass is 9.96. The highest BCUT2D eigenvalue weighted by atomic mass is 32.2. The summed E-state index contributed by atoms with van der Waals surface area (Å²) < 4.78 is 55.2. The molecule has 1 saturated carbocycles. The van der Waals surface area contributed by atoms with E-state index in [0.29, 0.717) is 26.1 Å². The number of amides is 1. The number of sulfonamides is 2. The van der Waals surface area contributed by atoms with Crippen LogP contribution in [-0.4, -0.2) is 46.2 Å². The summed E-state index contributed by atoms with van der Waals surface area (Å²) in [5.41, 5.74) is 1.71. The van der Waals surface area contributed by atoms with E-state index in [-0.39, 0.29) is 28.2 Å². The summed E-state index contributed by atoms with van der Waals surface area (Å²) in [6.07, 6.45) is 8.66. The summed E-state index contributed by atoms with van der Waals surface area (Å²) in [6.45, 7) is 1.44. The molecule has 1 aliphatic carbocycles. The zero-order valence-electron chi connectivity index (χ0n) is 21.2. The van der Waals surface area contributed by atoms with Crippen LogP contribution in [0.4, 0.5) is 0 Å². The van der Waals surface area contributed by atoms with Crippen molar-refractivity contribution < 1.29 is 21.6 Å². The van der Waals surface area contributed by atoms with Crippen LogP contribution in [0.5, 0.6) is 0 Å². The summed E-state index contributed by atoms with van der Waals surface area (Å²) in [5.74, 6) is -0.124. The van der Waals surface area contributed by atoms with Crippen molar-refractivity contribution >= 4 is 26.0 Å². The predicted octanol–water partition coefficient (Wildman–Crippen LogP) is 3.72. The SMILES string of the molecule is O=C(CCc1ccc(S(=O)(=O)NC2CCCCC2)cc1)NCc1ccc(S(=O)(=O)N2CCCCC2)cc1. The smallest absolute Gasteiger partial charge is 0.243 e. The molecule has 8 nitrogen and oxygen atoms in total. The van der Waals surface area contributed by atoms with Gasteiger partial charge in [-0.25, -0.2) is 21.6 Å². The molecule has 2 aliphatic rings. The van der Waals surface area contributed by atoms with Crippen molar-refractivity contribution in [2.24, 2.45) is 0 Å². The van der Waals surface area contributed by atoms with Crippen LogP contribution < -0.4 is 10.0 Å². The summed E-state index contributed by atoms with van der Waals surface area (Å²) in [4.78, 5) is 12.9. The third kappa shape index (κ3) is 7.63. The molecule has 10 heteroatoms. The molecule has 202 valence electrons. The van der Waals surface area contributed by atoms with Crippen molar-refractivity contribution in [1.29, 1.82) is 0 Å². The molecule has 1 amide bonds. The van der Waals surface area contributed by atoms with Crippen molar-refractivity contribution in [3.63, 3.8) is 0 Å². The number of nitrogens with zero attached hydrogens (tertiary/aromatic N) is 1. The molecule has 1 aliphatic heterocycles. The highest BCUT2D eigenvalue weighted by Gasteiger charge is 2.25. The van der Waals surface area contributed by atoms with Gasteiger partial charge in [-0.15, -0.1) is 0 Å². The lowest BCUT2D eigenvalue weighted by Crippen LogP contribution is -2.36. The zero-order valence-corrected chi connectivity index (χ0v) is 22.8. The minimum absolute atomic E-state index is 0.0115. The second kappa shape index (κ2) is 12.5. The van der Waals surface area contributed by atoms with Crippen LogP contribution in [0.15, 0.2) is 58.3 Å². The van der Waals surface area contributed by atoms with Crippen molar-refractivity contribution in [1.82, 2.24) is 14.3 Å². The quantitative estimate of drug-likeness (QED) is 0.471. The van der Waals surface area contributed by atoms with Crippen molar-refractivity contribution in [3.05, 3.63) is 59.7 Å². The minimum Gasteiger partial charge on any atom is -0.352 e. The highest BCUT2D eigenvalue weighted by molar-refractivity contribution is 7.89. The number of carbonyl (C=O) groups excluding carboxylic acids is 1. The van der Waals surface area contributed by atoms with Gasteiger partial charge in [0.05, 0.1) is 9.79 Å². The molecule has 0 atom stereocenters. The minimum atomic E-state index is -3.54. The second-order valence-electron chi connectivity index (χ2n) is 9.99. The summed E-state index contributed by atoms with van der Waals surface area (Å²) in [5, 5.41) is 2.87. The Hall–Kier alpha value is -2.27. The Balaban J connectivity index is 1.23. The van der Waals surface area contributed by atoms with E-state index in [4.69, 9.17) is 0 Å². The molecule has 4 rings (SSSR count). The van der Waals surface area contributed by atoms with Crippen LogP contribution in [0, 0.1) is 0 Å². The summed E-state index contributed by atoms with van der Waals surface area (Å²) in [7, 11) is -7.00. The van der Waals surface area contributed by atoms with Crippen LogP contribution in [0.25, 0.3) is 0 Å². The average Bonchev–Trinajstić information content (AvgIpc) is 2.92. The lowest BCUT2D eigenvalue weighted by Gasteiger charge is -2.25. The Morgan fingerprint density at radius 1 is 0.757 bits per heavy atom. The average molecular weight is 548 g/mol. The molecule has 2 aromatic carbocycles. The summed E-state index contributed by atoms with van der Waals surface area (Å²) in [6, 6.07) is 13.4.